The summed E-state index contributed by atoms with van der Waals surface area (Å²) < 4.78 is 6.76. The van der Waals surface area contributed by atoms with Gasteiger partial charge in [-0.25, -0.2) is 0 Å². The monoisotopic (exact) mass is 349 g/mol. The Morgan fingerprint density at radius 3 is 2.67 bits per heavy atom. The van der Waals surface area contributed by atoms with Gasteiger partial charge < -0.3 is 15.2 Å². The maximum absolute atomic E-state index is 10.5. The molecule has 5 heteroatoms. The van der Waals surface area contributed by atoms with Crippen LogP contribution in [0.15, 0.2) is 53.0 Å². The summed E-state index contributed by atoms with van der Waals surface area (Å²) >= 11 is 3.41. The van der Waals surface area contributed by atoms with E-state index in [1.165, 1.54) is 0 Å². The summed E-state index contributed by atoms with van der Waals surface area (Å²) in [5, 5.41) is 11.5. The van der Waals surface area contributed by atoms with Crippen molar-refractivity contribution >= 4 is 21.9 Å². The van der Waals surface area contributed by atoms with E-state index >= 15 is 0 Å². The van der Waals surface area contributed by atoms with Crippen LogP contribution in [-0.2, 0) is 17.9 Å². The van der Waals surface area contributed by atoms with Crippen molar-refractivity contribution in [1.82, 2.24) is 5.32 Å². The van der Waals surface area contributed by atoms with Crippen LogP contribution < -0.4 is 10.1 Å². The third-order valence-electron chi connectivity index (χ3n) is 2.85. The Morgan fingerprint density at radius 1 is 1.19 bits per heavy atom. The molecule has 0 amide bonds. The average Bonchev–Trinajstić information content (AvgIpc) is 2.47. The molecule has 2 N–H and O–H groups in total. The number of benzene rings is 2. The molecule has 2 rings (SSSR count). The van der Waals surface area contributed by atoms with E-state index in [1.54, 1.807) is 0 Å². The van der Waals surface area contributed by atoms with Crippen molar-refractivity contribution in [3.05, 3.63) is 64.1 Å². The number of rotatable bonds is 7. The summed E-state index contributed by atoms with van der Waals surface area (Å²) in [6.07, 6.45) is 0. The zero-order chi connectivity index (χ0) is 15.1. The largest absolute Gasteiger partial charge is 0.489 e. The van der Waals surface area contributed by atoms with E-state index in [9.17, 15) is 4.79 Å². The maximum Gasteiger partial charge on any atom is 0.317 e. The molecule has 0 aliphatic carbocycles. The molecule has 0 spiro atoms. The van der Waals surface area contributed by atoms with Crippen molar-refractivity contribution in [3.63, 3.8) is 0 Å². The molecular formula is C16H16BrNO3. The number of ether oxygens (including phenoxy) is 1. The van der Waals surface area contributed by atoms with E-state index in [2.05, 4.69) is 21.2 Å². The SMILES string of the molecule is O=C(O)CNCc1cc(Br)ccc1OCc1ccccc1. The summed E-state index contributed by atoms with van der Waals surface area (Å²) in [7, 11) is 0. The number of hydrogen-bond donors (Lipinski definition) is 2. The highest BCUT2D eigenvalue weighted by Crippen LogP contribution is 2.24. The molecule has 0 unspecified atom stereocenters. The van der Waals surface area contributed by atoms with Gasteiger partial charge in [0.15, 0.2) is 0 Å². The van der Waals surface area contributed by atoms with Crippen molar-refractivity contribution in [2.45, 2.75) is 13.2 Å². The van der Waals surface area contributed by atoms with E-state index < -0.39 is 5.97 Å². The minimum atomic E-state index is -0.878. The molecule has 2 aromatic rings. The van der Waals surface area contributed by atoms with Crippen LogP contribution in [-0.4, -0.2) is 17.6 Å². The van der Waals surface area contributed by atoms with Crippen LogP contribution in [0.5, 0.6) is 5.75 Å². The van der Waals surface area contributed by atoms with Gasteiger partial charge in [-0.05, 0) is 23.8 Å². The number of nitrogens with one attached hydrogen (secondary N) is 1. The van der Waals surface area contributed by atoms with Gasteiger partial charge >= 0.3 is 5.97 Å². The van der Waals surface area contributed by atoms with E-state index in [1.807, 2.05) is 48.5 Å². The first kappa shape index (κ1) is 15.5. The predicted molar refractivity (Wildman–Crippen MR) is 84.3 cm³/mol. The van der Waals surface area contributed by atoms with Crippen LogP contribution >= 0.6 is 15.9 Å². The fraction of sp³-hybridized carbons (Fsp3) is 0.188. The number of carboxylic acids is 1. The first-order chi connectivity index (χ1) is 10.1. The van der Waals surface area contributed by atoms with Gasteiger partial charge in [-0.15, -0.1) is 0 Å². The van der Waals surface area contributed by atoms with Gasteiger partial charge in [0.1, 0.15) is 12.4 Å². The number of hydrogen-bond acceptors (Lipinski definition) is 3. The van der Waals surface area contributed by atoms with Gasteiger partial charge in [0.2, 0.25) is 0 Å². The zero-order valence-electron chi connectivity index (χ0n) is 11.4. The van der Waals surface area contributed by atoms with Crippen LogP contribution in [0.25, 0.3) is 0 Å². The Morgan fingerprint density at radius 2 is 1.95 bits per heavy atom. The number of carboxylic acid groups (broad SMARTS) is 1. The zero-order valence-corrected chi connectivity index (χ0v) is 13.0. The fourth-order valence-electron chi connectivity index (χ4n) is 1.87. The second kappa shape index (κ2) is 7.81. The second-order valence-electron chi connectivity index (χ2n) is 4.52. The lowest BCUT2D eigenvalue weighted by Crippen LogP contribution is -2.22. The lowest BCUT2D eigenvalue weighted by atomic mass is 10.2. The third kappa shape index (κ3) is 5.21. The lowest BCUT2D eigenvalue weighted by molar-refractivity contribution is -0.136. The molecule has 4 nitrogen and oxygen atoms in total. The van der Waals surface area contributed by atoms with Gasteiger partial charge in [0.05, 0.1) is 6.54 Å². The number of halogens is 1. The Hall–Kier alpha value is -1.85. The van der Waals surface area contributed by atoms with Gasteiger partial charge in [0.25, 0.3) is 0 Å². The number of aliphatic carboxylic acids is 1. The molecule has 0 bridgehead atoms. The van der Waals surface area contributed by atoms with Crippen molar-refractivity contribution in [2.24, 2.45) is 0 Å². The minimum absolute atomic E-state index is 0.0787. The first-order valence-corrected chi connectivity index (χ1v) is 7.32. The molecule has 0 saturated carbocycles. The Bertz CT molecular complexity index is 602. The van der Waals surface area contributed by atoms with E-state index in [0.29, 0.717) is 13.2 Å². The fourth-order valence-corrected chi connectivity index (χ4v) is 2.27. The molecule has 21 heavy (non-hydrogen) atoms. The third-order valence-corrected chi connectivity index (χ3v) is 3.34. The first-order valence-electron chi connectivity index (χ1n) is 6.53. The topological polar surface area (TPSA) is 58.6 Å². The van der Waals surface area contributed by atoms with Gasteiger partial charge in [-0.1, -0.05) is 46.3 Å². The second-order valence-corrected chi connectivity index (χ2v) is 5.44. The molecule has 2 aromatic carbocycles. The highest BCUT2D eigenvalue weighted by molar-refractivity contribution is 9.10. The highest BCUT2D eigenvalue weighted by Gasteiger charge is 2.06. The lowest BCUT2D eigenvalue weighted by Gasteiger charge is -2.12. The summed E-state index contributed by atoms with van der Waals surface area (Å²) in [6, 6.07) is 15.6. The molecule has 0 heterocycles. The smallest absolute Gasteiger partial charge is 0.317 e. The van der Waals surface area contributed by atoms with E-state index in [4.69, 9.17) is 9.84 Å². The Balaban J connectivity index is 2.02. The van der Waals surface area contributed by atoms with Crippen LogP contribution in [0, 0.1) is 0 Å². The molecule has 0 saturated heterocycles. The van der Waals surface area contributed by atoms with Gasteiger partial charge in [0, 0.05) is 16.6 Å². The van der Waals surface area contributed by atoms with Crippen LogP contribution in [0.1, 0.15) is 11.1 Å². The normalized spacial score (nSPS) is 10.3. The van der Waals surface area contributed by atoms with Crippen molar-refractivity contribution in [1.29, 1.82) is 0 Å². The predicted octanol–water partition coefficient (Wildman–Crippen LogP) is 3.20. The summed E-state index contributed by atoms with van der Waals surface area (Å²) in [6.45, 7) is 0.842. The summed E-state index contributed by atoms with van der Waals surface area (Å²) in [5.74, 6) is -0.128. The molecule has 0 fully saturated rings. The quantitative estimate of drug-likeness (QED) is 0.805. The van der Waals surface area contributed by atoms with Gasteiger partial charge in [-0.2, -0.15) is 0 Å². The van der Waals surface area contributed by atoms with Gasteiger partial charge in [-0.3, -0.25) is 4.79 Å². The van der Waals surface area contributed by atoms with Crippen molar-refractivity contribution in [3.8, 4) is 5.75 Å². The Labute approximate surface area is 131 Å². The van der Waals surface area contributed by atoms with E-state index in [-0.39, 0.29) is 6.54 Å². The van der Waals surface area contributed by atoms with Crippen LogP contribution in [0.3, 0.4) is 0 Å². The summed E-state index contributed by atoms with van der Waals surface area (Å²) in [5.41, 5.74) is 2.01. The van der Waals surface area contributed by atoms with Crippen molar-refractivity contribution in [2.75, 3.05) is 6.54 Å². The van der Waals surface area contributed by atoms with Crippen molar-refractivity contribution < 1.29 is 14.6 Å². The Kier molecular flexibility index (Phi) is 5.78. The molecule has 0 radical (unpaired) electrons. The molecule has 110 valence electrons. The average molecular weight is 350 g/mol. The number of carbonyl (C=O) groups is 1. The molecule has 0 atom stereocenters. The van der Waals surface area contributed by atoms with Crippen LogP contribution in [0.4, 0.5) is 0 Å². The maximum atomic E-state index is 10.5. The standard InChI is InChI=1S/C16H16BrNO3/c17-14-6-7-15(13(8-14)9-18-10-16(19)20)21-11-12-4-2-1-3-5-12/h1-8,18H,9-11H2,(H,19,20). The molecule has 0 aliphatic heterocycles. The summed E-state index contributed by atoms with van der Waals surface area (Å²) in [4.78, 5) is 10.5. The highest BCUT2D eigenvalue weighted by atomic mass is 79.9. The molecular weight excluding hydrogens is 334 g/mol. The minimum Gasteiger partial charge on any atom is -0.489 e. The van der Waals surface area contributed by atoms with Crippen LogP contribution in [0.2, 0.25) is 0 Å². The van der Waals surface area contributed by atoms with E-state index in [0.717, 1.165) is 21.3 Å². The molecule has 0 aromatic heterocycles. The molecule has 0 aliphatic rings.